The molecule has 0 saturated carbocycles. The van der Waals surface area contributed by atoms with Crippen molar-refractivity contribution in [2.75, 3.05) is 20.8 Å². The van der Waals surface area contributed by atoms with Crippen LogP contribution in [0.3, 0.4) is 0 Å². The molecule has 0 spiro atoms. The monoisotopic (exact) mass is 406 g/mol. The summed E-state index contributed by atoms with van der Waals surface area (Å²) in [5.41, 5.74) is 2.37. The Morgan fingerprint density at radius 2 is 2.03 bits per heavy atom. The Balaban J connectivity index is 1.65. The third kappa shape index (κ3) is 4.36. The van der Waals surface area contributed by atoms with Crippen LogP contribution in [0.15, 0.2) is 53.5 Å². The van der Waals surface area contributed by atoms with E-state index in [1.54, 1.807) is 26.5 Å². The highest BCUT2D eigenvalue weighted by atomic mass is 16.5. The smallest absolute Gasteiger partial charge is 0.251 e. The van der Waals surface area contributed by atoms with Gasteiger partial charge in [-0.2, -0.15) is 0 Å². The fourth-order valence-corrected chi connectivity index (χ4v) is 3.99. The first-order valence-electron chi connectivity index (χ1n) is 10.2. The number of piperidine rings is 1. The maximum Gasteiger partial charge on any atom is 0.251 e. The van der Waals surface area contributed by atoms with Crippen molar-refractivity contribution in [3.8, 4) is 23.0 Å². The van der Waals surface area contributed by atoms with Gasteiger partial charge in [0, 0.05) is 30.4 Å². The summed E-state index contributed by atoms with van der Waals surface area (Å²) in [6.07, 6.45) is 4.88. The van der Waals surface area contributed by atoms with Crippen LogP contribution in [0.1, 0.15) is 36.6 Å². The average Bonchev–Trinajstić information content (AvgIpc) is 2.80. The number of hydrogen-bond acceptors (Lipinski definition) is 6. The van der Waals surface area contributed by atoms with Gasteiger partial charge in [-0.3, -0.25) is 14.7 Å². The predicted molar refractivity (Wildman–Crippen MR) is 115 cm³/mol. The minimum atomic E-state index is -0.159. The van der Waals surface area contributed by atoms with E-state index in [0.29, 0.717) is 18.1 Å². The van der Waals surface area contributed by atoms with Gasteiger partial charge in [0.05, 0.1) is 26.0 Å². The van der Waals surface area contributed by atoms with Gasteiger partial charge >= 0.3 is 0 Å². The summed E-state index contributed by atoms with van der Waals surface area (Å²) in [5.74, 6) is 2.07. The molecule has 0 aliphatic carbocycles. The van der Waals surface area contributed by atoms with Gasteiger partial charge in [-0.1, -0.05) is 18.6 Å². The molecule has 1 fully saturated rings. The molecule has 1 N–H and O–H groups in total. The van der Waals surface area contributed by atoms with Crippen LogP contribution in [0, 0.1) is 0 Å². The van der Waals surface area contributed by atoms with Gasteiger partial charge in [0.2, 0.25) is 0 Å². The number of pyridine rings is 1. The normalized spacial score (nSPS) is 16.9. The standard InChI is InChI=1S/C23H26N4O3/c1-29-17-10-9-16(21(13-17)30-2)15-27-12-6-4-8-20(27)19-14-22(28)26-23(25-19)18-7-3-5-11-24-18/h3,5,7,9-11,13-14,20H,4,6,8,12,15H2,1-2H3,(H,25,26,28)/t20-/m1/s1. The van der Waals surface area contributed by atoms with E-state index in [4.69, 9.17) is 14.5 Å². The van der Waals surface area contributed by atoms with Crippen molar-refractivity contribution in [1.82, 2.24) is 19.9 Å². The first kappa shape index (κ1) is 20.1. The van der Waals surface area contributed by atoms with Crippen LogP contribution in [0.4, 0.5) is 0 Å². The van der Waals surface area contributed by atoms with E-state index in [1.807, 2.05) is 36.4 Å². The number of likely N-dealkylation sites (tertiary alicyclic amines) is 1. The highest BCUT2D eigenvalue weighted by Gasteiger charge is 2.27. The fraction of sp³-hybridized carbons (Fsp3) is 0.348. The molecule has 1 saturated heterocycles. The highest BCUT2D eigenvalue weighted by Crippen LogP contribution is 2.34. The Labute approximate surface area is 175 Å². The van der Waals surface area contributed by atoms with E-state index < -0.39 is 0 Å². The number of nitrogens with zero attached hydrogens (tertiary/aromatic N) is 3. The molecular weight excluding hydrogens is 380 g/mol. The van der Waals surface area contributed by atoms with Gasteiger partial charge in [0.25, 0.3) is 5.56 Å². The minimum Gasteiger partial charge on any atom is -0.497 e. The summed E-state index contributed by atoms with van der Waals surface area (Å²) in [7, 11) is 3.32. The summed E-state index contributed by atoms with van der Waals surface area (Å²) < 4.78 is 10.9. The molecule has 3 heterocycles. The van der Waals surface area contributed by atoms with Crippen molar-refractivity contribution >= 4 is 0 Å². The molecule has 7 heteroatoms. The van der Waals surface area contributed by atoms with Gasteiger partial charge in [0.1, 0.15) is 17.2 Å². The van der Waals surface area contributed by atoms with E-state index >= 15 is 0 Å². The summed E-state index contributed by atoms with van der Waals surface area (Å²) >= 11 is 0. The summed E-state index contributed by atoms with van der Waals surface area (Å²) in [4.78, 5) is 26.7. The molecule has 30 heavy (non-hydrogen) atoms. The van der Waals surface area contributed by atoms with E-state index in [-0.39, 0.29) is 11.6 Å². The molecule has 4 rings (SSSR count). The van der Waals surface area contributed by atoms with Gasteiger partial charge in [-0.05, 0) is 37.6 Å². The first-order chi connectivity index (χ1) is 14.7. The third-order valence-corrected chi connectivity index (χ3v) is 5.49. The van der Waals surface area contributed by atoms with Crippen molar-refractivity contribution in [2.45, 2.75) is 31.8 Å². The Morgan fingerprint density at radius 3 is 2.80 bits per heavy atom. The molecule has 0 unspecified atom stereocenters. The number of H-pyrrole nitrogens is 1. The topological polar surface area (TPSA) is 80.3 Å². The lowest BCUT2D eigenvalue weighted by molar-refractivity contribution is 0.136. The number of benzene rings is 1. The number of methoxy groups -OCH3 is 2. The largest absolute Gasteiger partial charge is 0.497 e. The van der Waals surface area contributed by atoms with Crippen molar-refractivity contribution in [3.63, 3.8) is 0 Å². The van der Waals surface area contributed by atoms with Crippen LogP contribution in [0.25, 0.3) is 11.5 Å². The Kier molecular flexibility index (Phi) is 6.09. The van der Waals surface area contributed by atoms with Crippen LogP contribution in [0.5, 0.6) is 11.5 Å². The fourth-order valence-electron chi connectivity index (χ4n) is 3.99. The minimum absolute atomic E-state index is 0.0651. The average molecular weight is 406 g/mol. The van der Waals surface area contributed by atoms with E-state index in [2.05, 4.69) is 14.9 Å². The van der Waals surface area contributed by atoms with Crippen molar-refractivity contribution < 1.29 is 9.47 Å². The summed E-state index contributed by atoms with van der Waals surface area (Å²) in [5, 5.41) is 0. The van der Waals surface area contributed by atoms with Gasteiger partial charge in [-0.25, -0.2) is 4.98 Å². The number of aromatic nitrogens is 3. The summed E-state index contributed by atoms with van der Waals surface area (Å²) in [6, 6.07) is 13.1. The number of aromatic amines is 1. The third-order valence-electron chi connectivity index (χ3n) is 5.49. The second-order valence-electron chi connectivity index (χ2n) is 7.39. The van der Waals surface area contributed by atoms with Crippen molar-refractivity contribution in [3.05, 3.63) is 70.3 Å². The zero-order valence-corrected chi connectivity index (χ0v) is 17.3. The summed E-state index contributed by atoms with van der Waals surface area (Å²) in [6.45, 7) is 1.65. The quantitative estimate of drug-likeness (QED) is 0.674. The van der Waals surface area contributed by atoms with Crippen molar-refractivity contribution in [2.24, 2.45) is 0 Å². The van der Waals surface area contributed by atoms with Gasteiger partial charge in [-0.15, -0.1) is 0 Å². The molecule has 0 amide bonds. The maximum atomic E-state index is 12.4. The van der Waals surface area contributed by atoms with Crippen molar-refractivity contribution in [1.29, 1.82) is 0 Å². The van der Waals surface area contributed by atoms with Crippen LogP contribution in [-0.4, -0.2) is 40.6 Å². The molecule has 1 aliphatic rings. The number of hydrogen-bond donors (Lipinski definition) is 1. The molecule has 2 aromatic heterocycles. The van der Waals surface area contributed by atoms with E-state index in [9.17, 15) is 4.79 Å². The maximum absolute atomic E-state index is 12.4. The molecular formula is C23H26N4O3. The van der Waals surface area contributed by atoms with Gasteiger partial charge in [0.15, 0.2) is 5.82 Å². The zero-order chi connectivity index (χ0) is 20.9. The molecule has 1 aromatic carbocycles. The molecule has 1 aliphatic heterocycles. The molecule has 0 bridgehead atoms. The van der Waals surface area contributed by atoms with E-state index in [1.165, 1.54) is 0 Å². The SMILES string of the molecule is COc1ccc(CN2CCCC[C@@H]2c2cc(=O)[nH]c(-c3ccccn3)n2)c(OC)c1. The number of nitrogens with one attached hydrogen (secondary N) is 1. The second-order valence-corrected chi connectivity index (χ2v) is 7.39. The van der Waals surface area contributed by atoms with Crippen LogP contribution < -0.4 is 15.0 Å². The lowest BCUT2D eigenvalue weighted by atomic mass is 9.98. The molecule has 0 radical (unpaired) electrons. The predicted octanol–water partition coefficient (Wildman–Crippen LogP) is 3.58. The van der Waals surface area contributed by atoms with Gasteiger partial charge < -0.3 is 14.5 Å². The van der Waals surface area contributed by atoms with Crippen LogP contribution in [0.2, 0.25) is 0 Å². The first-order valence-corrected chi connectivity index (χ1v) is 10.2. The van der Waals surface area contributed by atoms with Crippen LogP contribution in [-0.2, 0) is 6.54 Å². The molecule has 1 atom stereocenters. The zero-order valence-electron chi connectivity index (χ0n) is 17.3. The Bertz CT molecular complexity index is 1050. The molecule has 3 aromatic rings. The highest BCUT2D eigenvalue weighted by molar-refractivity contribution is 5.48. The van der Waals surface area contributed by atoms with E-state index in [0.717, 1.165) is 48.6 Å². The number of ether oxygens (including phenoxy) is 2. The Morgan fingerprint density at radius 1 is 1.13 bits per heavy atom. The lowest BCUT2D eigenvalue weighted by Gasteiger charge is -2.35. The lowest BCUT2D eigenvalue weighted by Crippen LogP contribution is -2.34. The molecule has 156 valence electrons. The second kappa shape index (κ2) is 9.09. The Hall–Kier alpha value is -3.19. The number of rotatable bonds is 6. The molecule has 7 nitrogen and oxygen atoms in total. The van der Waals surface area contributed by atoms with Crippen LogP contribution >= 0.6 is 0 Å².